The first-order valence-electron chi connectivity index (χ1n) is 5.60. The van der Waals surface area contributed by atoms with E-state index < -0.39 is 0 Å². The number of carbonyl (C=O) groups excluding carboxylic acids is 2. The molecule has 1 aliphatic heterocycles. The molecule has 0 bridgehead atoms. The van der Waals surface area contributed by atoms with Crippen molar-refractivity contribution in [2.45, 2.75) is 20.8 Å². The monoisotopic (exact) mass is 229 g/mol. The number of rotatable bonds is 1. The van der Waals surface area contributed by atoms with Crippen LogP contribution >= 0.6 is 0 Å². The van der Waals surface area contributed by atoms with Crippen LogP contribution < -0.4 is 4.90 Å². The van der Waals surface area contributed by atoms with E-state index in [-0.39, 0.29) is 18.2 Å². The number of hydrogen-bond acceptors (Lipinski definition) is 2. The van der Waals surface area contributed by atoms with Crippen LogP contribution in [0.4, 0.5) is 5.69 Å². The Morgan fingerprint density at radius 2 is 1.71 bits per heavy atom. The van der Waals surface area contributed by atoms with Crippen molar-refractivity contribution in [1.82, 2.24) is 0 Å². The standard InChI is InChI=1S/C14H15NO2/c1-9(2)13-12(16)8-15(14(13)17)11-6-4-10(3)5-7-11/h4-7H,8H2,1-3H3. The van der Waals surface area contributed by atoms with Crippen molar-refractivity contribution in [2.24, 2.45) is 0 Å². The second-order valence-corrected chi connectivity index (χ2v) is 4.53. The summed E-state index contributed by atoms with van der Waals surface area (Å²) >= 11 is 0. The van der Waals surface area contributed by atoms with Gasteiger partial charge < -0.3 is 4.90 Å². The largest absolute Gasteiger partial charge is 0.300 e. The van der Waals surface area contributed by atoms with Crippen LogP contribution in [0, 0.1) is 6.92 Å². The third-order valence-corrected chi connectivity index (χ3v) is 2.89. The Bertz CT molecular complexity index is 508. The maximum atomic E-state index is 12.1. The molecular weight excluding hydrogens is 214 g/mol. The molecule has 17 heavy (non-hydrogen) atoms. The summed E-state index contributed by atoms with van der Waals surface area (Å²) in [6.45, 7) is 5.73. The lowest BCUT2D eigenvalue weighted by Gasteiger charge is -2.14. The number of Topliss-reactive ketones (excluding diaryl/α,β-unsaturated/α-hetero) is 1. The fourth-order valence-corrected chi connectivity index (χ4v) is 1.97. The number of carbonyl (C=O) groups is 2. The highest BCUT2D eigenvalue weighted by Crippen LogP contribution is 2.24. The summed E-state index contributed by atoms with van der Waals surface area (Å²) in [5.41, 5.74) is 3.04. The molecule has 1 aliphatic rings. The molecule has 1 amide bonds. The molecule has 0 atom stereocenters. The lowest BCUT2D eigenvalue weighted by atomic mass is 10.1. The summed E-state index contributed by atoms with van der Waals surface area (Å²) in [6, 6.07) is 7.62. The molecule has 3 nitrogen and oxygen atoms in total. The van der Waals surface area contributed by atoms with Gasteiger partial charge in [0.05, 0.1) is 12.1 Å². The lowest BCUT2D eigenvalue weighted by molar-refractivity contribution is -0.116. The van der Waals surface area contributed by atoms with E-state index in [4.69, 9.17) is 0 Å². The molecule has 0 saturated carbocycles. The summed E-state index contributed by atoms with van der Waals surface area (Å²) in [7, 11) is 0. The van der Waals surface area contributed by atoms with Crippen LogP contribution in [-0.2, 0) is 9.59 Å². The molecule has 2 rings (SSSR count). The van der Waals surface area contributed by atoms with Gasteiger partial charge in [0.15, 0.2) is 5.78 Å². The maximum absolute atomic E-state index is 12.1. The van der Waals surface area contributed by atoms with E-state index in [1.54, 1.807) is 13.8 Å². The summed E-state index contributed by atoms with van der Waals surface area (Å²) in [5.74, 6) is -0.269. The van der Waals surface area contributed by atoms with Crippen molar-refractivity contribution in [2.75, 3.05) is 11.4 Å². The smallest absolute Gasteiger partial charge is 0.262 e. The van der Waals surface area contributed by atoms with E-state index in [1.807, 2.05) is 31.2 Å². The number of hydrogen-bond donors (Lipinski definition) is 0. The van der Waals surface area contributed by atoms with Gasteiger partial charge in [-0.25, -0.2) is 0 Å². The van der Waals surface area contributed by atoms with Crippen LogP contribution in [0.25, 0.3) is 0 Å². The highest BCUT2D eigenvalue weighted by atomic mass is 16.2. The minimum atomic E-state index is -0.182. The van der Waals surface area contributed by atoms with Gasteiger partial charge in [0, 0.05) is 5.69 Å². The Labute approximate surface area is 101 Å². The quantitative estimate of drug-likeness (QED) is 0.547. The van der Waals surface area contributed by atoms with Gasteiger partial charge in [0.1, 0.15) is 0 Å². The van der Waals surface area contributed by atoms with Gasteiger partial charge in [0.25, 0.3) is 5.91 Å². The minimum Gasteiger partial charge on any atom is -0.300 e. The molecule has 0 aromatic heterocycles. The third kappa shape index (κ3) is 2.00. The number of allylic oxidation sites excluding steroid dienone is 1. The topological polar surface area (TPSA) is 37.4 Å². The fraction of sp³-hybridized carbons (Fsp3) is 0.286. The van der Waals surface area contributed by atoms with Gasteiger partial charge in [-0.1, -0.05) is 23.3 Å². The van der Waals surface area contributed by atoms with E-state index in [0.717, 1.165) is 16.8 Å². The van der Waals surface area contributed by atoms with Gasteiger partial charge >= 0.3 is 0 Å². The first-order valence-corrected chi connectivity index (χ1v) is 5.60. The molecule has 1 saturated heterocycles. The molecule has 0 N–H and O–H groups in total. The van der Waals surface area contributed by atoms with Crippen molar-refractivity contribution in [3.8, 4) is 0 Å². The molecule has 1 heterocycles. The fourth-order valence-electron chi connectivity index (χ4n) is 1.97. The van der Waals surface area contributed by atoms with Gasteiger partial charge in [0.2, 0.25) is 0 Å². The Morgan fingerprint density at radius 3 is 2.18 bits per heavy atom. The molecule has 88 valence electrons. The second-order valence-electron chi connectivity index (χ2n) is 4.53. The normalized spacial score (nSPS) is 15.7. The SMILES string of the molecule is CC(C)=C1C(=O)CN(c2ccc(C)cc2)C1=O. The minimum absolute atomic E-state index is 0.0874. The molecule has 0 aliphatic carbocycles. The van der Waals surface area contributed by atoms with Crippen molar-refractivity contribution < 1.29 is 9.59 Å². The summed E-state index contributed by atoms with van der Waals surface area (Å²) in [5, 5.41) is 0. The third-order valence-electron chi connectivity index (χ3n) is 2.89. The van der Waals surface area contributed by atoms with Crippen LogP contribution in [-0.4, -0.2) is 18.2 Å². The van der Waals surface area contributed by atoms with E-state index in [1.165, 1.54) is 4.90 Å². The second kappa shape index (κ2) is 4.17. The zero-order valence-corrected chi connectivity index (χ0v) is 10.3. The van der Waals surface area contributed by atoms with Crippen LogP contribution in [0.3, 0.4) is 0 Å². The zero-order valence-electron chi connectivity index (χ0n) is 10.3. The van der Waals surface area contributed by atoms with Gasteiger partial charge in [-0.3, -0.25) is 9.59 Å². The molecule has 3 heteroatoms. The summed E-state index contributed by atoms with van der Waals surface area (Å²) in [4.78, 5) is 25.4. The summed E-state index contributed by atoms with van der Waals surface area (Å²) < 4.78 is 0. The van der Waals surface area contributed by atoms with Crippen molar-refractivity contribution in [3.05, 3.63) is 41.0 Å². The molecule has 1 aromatic rings. The average Bonchev–Trinajstić information content (AvgIpc) is 2.55. The lowest BCUT2D eigenvalue weighted by Crippen LogP contribution is -2.24. The first-order chi connectivity index (χ1) is 8.00. The van der Waals surface area contributed by atoms with Crippen molar-refractivity contribution in [3.63, 3.8) is 0 Å². The van der Waals surface area contributed by atoms with Crippen LogP contribution in [0.2, 0.25) is 0 Å². The summed E-state index contributed by atoms with van der Waals surface area (Å²) in [6.07, 6.45) is 0. The van der Waals surface area contributed by atoms with E-state index in [9.17, 15) is 9.59 Å². The Balaban J connectivity index is 2.38. The van der Waals surface area contributed by atoms with Crippen LogP contribution in [0.1, 0.15) is 19.4 Å². The number of ketones is 1. The molecule has 0 radical (unpaired) electrons. The van der Waals surface area contributed by atoms with Crippen LogP contribution in [0.15, 0.2) is 35.4 Å². The van der Waals surface area contributed by atoms with Gasteiger partial charge in [-0.05, 0) is 32.9 Å². The average molecular weight is 229 g/mol. The van der Waals surface area contributed by atoms with Crippen LogP contribution in [0.5, 0.6) is 0 Å². The first kappa shape index (κ1) is 11.6. The Hall–Kier alpha value is -1.90. The van der Waals surface area contributed by atoms with Gasteiger partial charge in [-0.15, -0.1) is 0 Å². The molecular formula is C14H15NO2. The molecule has 0 spiro atoms. The highest BCUT2D eigenvalue weighted by Gasteiger charge is 2.34. The van der Waals surface area contributed by atoms with E-state index >= 15 is 0 Å². The van der Waals surface area contributed by atoms with Gasteiger partial charge in [-0.2, -0.15) is 0 Å². The van der Waals surface area contributed by atoms with E-state index in [0.29, 0.717) is 5.57 Å². The number of amides is 1. The number of benzene rings is 1. The Kier molecular flexibility index (Phi) is 2.84. The number of anilines is 1. The number of nitrogens with zero attached hydrogens (tertiary/aromatic N) is 1. The molecule has 1 aromatic carbocycles. The Morgan fingerprint density at radius 1 is 1.12 bits per heavy atom. The zero-order chi connectivity index (χ0) is 12.6. The number of aryl methyl sites for hydroxylation is 1. The predicted molar refractivity (Wildman–Crippen MR) is 66.9 cm³/mol. The molecule has 0 unspecified atom stereocenters. The van der Waals surface area contributed by atoms with Crippen molar-refractivity contribution >= 4 is 17.4 Å². The van der Waals surface area contributed by atoms with E-state index in [2.05, 4.69) is 0 Å². The predicted octanol–water partition coefficient (Wildman–Crippen LogP) is 2.25. The molecule has 1 fully saturated rings. The highest BCUT2D eigenvalue weighted by molar-refractivity contribution is 6.32. The van der Waals surface area contributed by atoms with Crippen molar-refractivity contribution in [1.29, 1.82) is 0 Å². The maximum Gasteiger partial charge on any atom is 0.262 e.